The van der Waals surface area contributed by atoms with E-state index in [4.69, 9.17) is 5.73 Å². The van der Waals surface area contributed by atoms with Gasteiger partial charge in [0.1, 0.15) is 0 Å². The molecule has 5 heteroatoms. The second kappa shape index (κ2) is 8.25. The summed E-state index contributed by atoms with van der Waals surface area (Å²) in [5, 5.41) is 5.71. The van der Waals surface area contributed by atoms with E-state index < -0.39 is 0 Å². The van der Waals surface area contributed by atoms with Crippen molar-refractivity contribution in [1.82, 2.24) is 10.6 Å². The van der Waals surface area contributed by atoms with Crippen LogP contribution in [0.15, 0.2) is 0 Å². The molecule has 20 heavy (non-hydrogen) atoms. The Kier molecular flexibility index (Phi) is 6.99. The van der Waals surface area contributed by atoms with Crippen LogP contribution < -0.4 is 16.4 Å². The van der Waals surface area contributed by atoms with Crippen LogP contribution in [-0.4, -0.2) is 30.9 Å². The molecule has 3 atom stereocenters. The number of amides is 2. The molecule has 0 aromatic heterocycles. The lowest BCUT2D eigenvalue weighted by Gasteiger charge is -2.32. The van der Waals surface area contributed by atoms with E-state index in [0.29, 0.717) is 25.4 Å². The van der Waals surface area contributed by atoms with Gasteiger partial charge in [0.15, 0.2) is 0 Å². The lowest BCUT2D eigenvalue weighted by atomic mass is 9.77. The Morgan fingerprint density at radius 2 is 1.95 bits per heavy atom. The first-order valence-electron chi connectivity index (χ1n) is 7.71. The molecule has 0 radical (unpaired) electrons. The summed E-state index contributed by atoms with van der Waals surface area (Å²) in [4.78, 5) is 23.6. The van der Waals surface area contributed by atoms with Gasteiger partial charge >= 0.3 is 0 Å². The van der Waals surface area contributed by atoms with E-state index in [-0.39, 0.29) is 29.7 Å². The summed E-state index contributed by atoms with van der Waals surface area (Å²) in [7, 11) is 0. The SMILES string of the molecule is CC(C)CNC(=O)CCNC(=O)C1CCCC(N)C1C. The van der Waals surface area contributed by atoms with E-state index >= 15 is 0 Å². The van der Waals surface area contributed by atoms with Gasteiger partial charge in [-0.15, -0.1) is 0 Å². The summed E-state index contributed by atoms with van der Waals surface area (Å²) in [5.74, 6) is 0.700. The maximum absolute atomic E-state index is 12.1. The molecule has 116 valence electrons. The first kappa shape index (κ1) is 17.0. The molecular weight excluding hydrogens is 254 g/mol. The minimum atomic E-state index is -0.00704. The highest BCUT2D eigenvalue weighted by molar-refractivity contribution is 5.80. The molecule has 0 aromatic carbocycles. The van der Waals surface area contributed by atoms with Gasteiger partial charge in [-0.05, 0) is 24.7 Å². The van der Waals surface area contributed by atoms with Crippen LogP contribution in [0.3, 0.4) is 0 Å². The summed E-state index contributed by atoms with van der Waals surface area (Å²) in [5.41, 5.74) is 6.01. The molecule has 1 aliphatic rings. The smallest absolute Gasteiger partial charge is 0.223 e. The quantitative estimate of drug-likeness (QED) is 0.680. The molecule has 1 saturated carbocycles. The minimum absolute atomic E-state index is 0.00234. The van der Waals surface area contributed by atoms with Crippen LogP contribution in [0.2, 0.25) is 0 Å². The Hall–Kier alpha value is -1.10. The fourth-order valence-electron chi connectivity index (χ4n) is 2.60. The number of rotatable bonds is 6. The van der Waals surface area contributed by atoms with Crippen molar-refractivity contribution in [3.8, 4) is 0 Å². The van der Waals surface area contributed by atoms with E-state index in [0.717, 1.165) is 19.3 Å². The molecule has 2 amide bonds. The van der Waals surface area contributed by atoms with E-state index in [9.17, 15) is 9.59 Å². The zero-order valence-electron chi connectivity index (χ0n) is 12.9. The van der Waals surface area contributed by atoms with Gasteiger partial charge in [-0.3, -0.25) is 9.59 Å². The van der Waals surface area contributed by atoms with Crippen LogP contribution in [0.1, 0.15) is 46.5 Å². The fraction of sp³-hybridized carbons (Fsp3) is 0.867. The van der Waals surface area contributed by atoms with Crippen molar-refractivity contribution in [1.29, 1.82) is 0 Å². The van der Waals surface area contributed by atoms with E-state index in [1.807, 2.05) is 6.92 Å². The standard InChI is InChI=1S/C15H29N3O2/c1-10(2)9-18-14(19)7-8-17-15(20)12-5-4-6-13(16)11(12)3/h10-13H,4-9,16H2,1-3H3,(H,17,20)(H,18,19). The summed E-state index contributed by atoms with van der Waals surface area (Å²) >= 11 is 0. The number of carbonyl (C=O) groups is 2. The average Bonchev–Trinajstić information content (AvgIpc) is 2.39. The molecule has 0 bridgehead atoms. The van der Waals surface area contributed by atoms with Crippen LogP contribution in [0.5, 0.6) is 0 Å². The van der Waals surface area contributed by atoms with Crippen molar-refractivity contribution in [3.63, 3.8) is 0 Å². The monoisotopic (exact) mass is 283 g/mol. The number of nitrogens with two attached hydrogens (primary N) is 1. The molecular formula is C15H29N3O2. The van der Waals surface area contributed by atoms with E-state index in [2.05, 4.69) is 24.5 Å². The third-order valence-corrected chi connectivity index (χ3v) is 4.06. The zero-order chi connectivity index (χ0) is 15.1. The van der Waals surface area contributed by atoms with Gasteiger partial charge in [0.2, 0.25) is 11.8 Å². The van der Waals surface area contributed by atoms with Crippen LogP contribution in [0, 0.1) is 17.8 Å². The highest BCUT2D eigenvalue weighted by Crippen LogP contribution is 2.28. The summed E-state index contributed by atoms with van der Waals surface area (Å²) < 4.78 is 0. The van der Waals surface area contributed by atoms with Gasteiger partial charge in [0, 0.05) is 31.5 Å². The van der Waals surface area contributed by atoms with Gasteiger partial charge in [-0.2, -0.15) is 0 Å². The molecule has 3 unspecified atom stereocenters. The number of hydrogen-bond acceptors (Lipinski definition) is 3. The van der Waals surface area contributed by atoms with Crippen LogP contribution >= 0.6 is 0 Å². The topological polar surface area (TPSA) is 84.2 Å². The lowest BCUT2D eigenvalue weighted by Crippen LogP contribution is -2.44. The van der Waals surface area contributed by atoms with Crippen molar-refractivity contribution in [3.05, 3.63) is 0 Å². The molecule has 1 aliphatic carbocycles. The van der Waals surface area contributed by atoms with Crippen LogP contribution in [0.4, 0.5) is 0 Å². The Morgan fingerprint density at radius 3 is 2.60 bits per heavy atom. The number of nitrogens with one attached hydrogen (secondary N) is 2. The maximum atomic E-state index is 12.1. The maximum Gasteiger partial charge on any atom is 0.223 e. The second-order valence-corrected chi connectivity index (χ2v) is 6.30. The Bertz CT molecular complexity index is 331. The third-order valence-electron chi connectivity index (χ3n) is 4.06. The second-order valence-electron chi connectivity index (χ2n) is 6.30. The predicted molar refractivity (Wildman–Crippen MR) is 80.0 cm³/mol. The summed E-state index contributed by atoms with van der Waals surface area (Å²) in [6.07, 6.45) is 3.26. The van der Waals surface area contributed by atoms with Crippen molar-refractivity contribution in [2.75, 3.05) is 13.1 Å². The van der Waals surface area contributed by atoms with E-state index in [1.54, 1.807) is 0 Å². The molecule has 1 fully saturated rings. The highest BCUT2D eigenvalue weighted by Gasteiger charge is 2.32. The van der Waals surface area contributed by atoms with Crippen molar-refractivity contribution < 1.29 is 9.59 Å². The highest BCUT2D eigenvalue weighted by atomic mass is 16.2. The molecule has 5 nitrogen and oxygen atoms in total. The zero-order valence-corrected chi connectivity index (χ0v) is 12.9. The Morgan fingerprint density at radius 1 is 1.25 bits per heavy atom. The van der Waals surface area contributed by atoms with Crippen molar-refractivity contribution >= 4 is 11.8 Å². The molecule has 0 aromatic rings. The molecule has 0 heterocycles. The minimum Gasteiger partial charge on any atom is -0.356 e. The largest absolute Gasteiger partial charge is 0.356 e. The first-order valence-corrected chi connectivity index (χ1v) is 7.71. The van der Waals surface area contributed by atoms with Crippen LogP contribution in [0.25, 0.3) is 0 Å². The Labute approximate surface area is 122 Å². The molecule has 0 spiro atoms. The lowest BCUT2D eigenvalue weighted by molar-refractivity contribution is -0.128. The van der Waals surface area contributed by atoms with Gasteiger partial charge < -0.3 is 16.4 Å². The molecule has 0 saturated heterocycles. The van der Waals surface area contributed by atoms with Crippen LogP contribution in [-0.2, 0) is 9.59 Å². The average molecular weight is 283 g/mol. The predicted octanol–water partition coefficient (Wildman–Crippen LogP) is 1.03. The molecule has 4 N–H and O–H groups in total. The van der Waals surface area contributed by atoms with Gasteiger partial charge in [0.25, 0.3) is 0 Å². The number of hydrogen-bond donors (Lipinski definition) is 3. The number of carbonyl (C=O) groups excluding carboxylic acids is 2. The van der Waals surface area contributed by atoms with Gasteiger partial charge in [-0.25, -0.2) is 0 Å². The molecule has 1 rings (SSSR count). The summed E-state index contributed by atoms with van der Waals surface area (Å²) in [6.45, 7) is 7.23. The Balaban J connectivity index is 2.24. The molecule has 0 aliphatic heterocycles. The van der Waals surface area contributed by atoms with Crippen molar-refractivity contribution in [2.45, 2.75) is 52.5 Å². The third kappa shape index (κ3) is 5.49. The van der Waals surface area contributed by atoms with E-state index in [1.165, 1.54) is 0 Å². The fourth-order valence-corrected chi connectivity index (χ4v) is 2.60. The van der Waals surface area contributed by atoms with Gasteiger partial charge in [-0.1, -0.05) is 27.2 Å². The first-order chi connectivity index (χ1) is 9.41. The van der Waals surface area contributed by atoms with Crippen molar-refractivity contribution in [2.24, 2.45) is 23.5 Å². The van der Waals surface area contributed by atoms with Gasteiger partial charge in [0.05, 0.1) is 0 Å². The normalized spacial score (nSPS) is 26.4. The summed E-state index contributed by atoms with van der Waals surface area (Å²) in [6, 6.07) is 0.119.